The molecule has 0 N–H and O–H groups in total. The van der Waals surface area contributed by atoms with Gasteiger partial charge in [0.1, 0.15) is 11.5 Å². The van der Waals surface area contributed by atoms with Crippen molar-refractivity contribution in [1.82, 2.24) is 4.90 Å². The Morgan fingerprint density at radius 2 is 2.04 bits per heavy atom. The fraction of sp³-hybridized carbons (Fsp3) is 0.421. The van der Waals surface area contributed by atoms with E-state index in [9.17, 15) is 4.79 Å². The Kier molecular flexibility index (Phi) is 4.90. The number of hydrogen-bond donors (Lipinski definition) is 0. The van der Waals surface area contributed by atoms with E-state index in [1.54, 1.807) is 23.3 Å². The van der Waals surface area contributed by atoms with Crippen LogP contribution in [0.25, 0.3) is 0 Å². The number of nitrogens with zero attached hydrogens (tertiary/aromatic N) is 1. The summed E-state index contributed by atoms with van der Waals surface area (Å²) < 4.78 is 16.8. The van der Waals surface area contributed by atoms with Crippen LogP contribution in [-0.2, 0) is 11.3 Å². The molecule has 0 spiro atoms. The van der Waals surface area contributed by atoms with E-state index in [-0.39, 0.29) is 17.7 Å². The second kappa shape index (κ2) is 7.09. The van der Waals surface area contributed by atoms with Crippen LogP contribution in [0.3, 0.4) is 0 Å². The summed E-state index contributed by atoms with van der Waals surface area (Å²) in [5.74, 6) is 1.28. The number of carbonyl (C=O) groups excluding carboxylic acids is 1. The number of benzene rings is 1. The first-order chi connectivity index (χ1) is 11.5. The number of hydrogen-bond acceptors (Lipinski definition) is 4. The summed E-state index contributed by atoms with van der Waals surface area (Å²) in [7, 11) is 0. The largest absolute Gasteiger partial charge is 0.467 e. The summed E-state index contributed by atoms with van der Waals surface area (Å²) >= 11 is 0. The summed E-state index contributed by atoms with van der Waals surface area (Å²) in [6, 6.07) is 12.9. The lowest BCUT2D eigenvalue weighted by Gasteiger charge is -2.40. The Labute approximate surface area is 142 Å². The standard InChI is InChI=1S/C19H23NO4/c1-19(2)13-15(10-12-23-19)20(14-17-9-6-11-22-17)18(21)24-16-7-4-3-5-8-16/h3-9,11,15H,10,12-14H2,1-2H3. The van der Waals surface area contributed by atoms with Gasteiger partial charge in [-0.05, 0) is 51.0 Å². The van der Waals surface area contributed by atoms with Gasteiger partial charge >= 0.3 is 6.09 Å². The van der Waals surface area contributed by atoms with Crippen molar-refractivity contribution in [1.29, 1.82) is 0 Å². The van der Waals surface area contributed by atoms with Gasteiger partial charge in [0.05, 0.1) is 18.4 Å². The van der Waals surface area contributed by atoms with Crippen molar-refractivity contribution >= 4 is 6.09 Å². The van der Waals surface area contributed by atoms with Crippen LogP contribution in [0.5, 0.6) is 5.75 Å². The molecule has 1 saturated heterocycles. The first-order valence-electron chi connectivity index (χ1n) is 8.23. The van der Waals surface area contributed by atoms with Gasteiger partial charge < -0.3 is 13.9 Å². The van der Waals surface area contributed by atoms with Gasteiger partial charge in [-0.2, -0.15) is 0 Å². The number of carbonyl (C=O) groups is 1. The zero-order valence-electron chi connectivity index (χ0n) is 14.1. The van der Waals surface area contributed by atoms with Gasteiger partial charge in [0.2, 0.25) is 0 Å². The number of ether oxygens (including phenoxy) is 2. The molecule has 3 rings (SSSR count). The fourth-order valence-corrected chi connectivity index (χ4v) is 3.03. The molecule has 1 unspecified atom stereocenters. The summed E-state index contributed by atoms with van der Waals surface area (Å²) in [5, 5.41) is 0. The highest BCUT2D eigenvalue weighted by atomic mass is 16.6. The fourth-order valence-electron chi connectivity index (χ4n) is 3.03. The van der Waals surface area contributed by atoms with E-state index in [2.05, 4.69) is 0 Å². The van der Waals surface area contributed by atoms with E-state index in [1.807, 2.05) is 44.2 Å². The summed E-state index contributed by atoms with van der Waals surface area (Å²) in [6.07, 6.45) is 2.80. The van der Waals surface area contributed by atoms with Gasteiger partial charge in [-0.3, -0.25) is 4.90 Å². The summed E-state index contributed by atoms with van der Waals surface area (Å²) in [4.78, 5) is 14.5. The van der Waals surface area contributed by atoms with Gasteiger partial charge in [-0.15, -0.1) is 0 Å². The lowest BCUT2D eigenvalue weighted by atomic mass is 9.93. The number of para-hydroxylation sites is 1. The second-order valence-corrected chi connectivity index (χ2v) is 6.64. The SMILES string of the molecule is CC1(C)CC(N(Cc2ccco2)C(=O)Oc2ccccc2)CCO1. The topological polar surface area (TPSA) is 51.9 Å². The van der Waals surface area contributed by atoms with Gasteiger partial charge in [-0.25, -0.2) is 4.79 Å². The van der Waals surface area contributed by atoms with Crippen LogP contribution in [0.2, 0.25) is 0 Å². The zero-order chi connectivity index (χ0) is 17.0. The zero-order valence-corrected chi connectivity index (χ0v) is 14.1. The Morgan fingerprint density at radius 3 is 2.71 bits per heavy atom. The molecule has 5 nitrogen and oxygen atoms in total. The van der Waals surface area contributed by atoms with Crippen molar-refractivity contribution in [2.45, 2.75) is 44.9 Å². The molecule has 1 amide bonds. The van der Waals surface area contributed by atoms with Crippen LogP contribution < -0.4 is 4.74 Å². The molecule has 1 atom stereocenters. The Bertz CT molecular complexity index is 651. The van der Waals surface area contributed by atoms with Crippen molar-refractivity contribution in [3.05, 3.63) is 54.5 Å². The summed E-state index contributed by atoms with van der Waals surface area (Å²) in [5.41, 5.74) is -0.253. The van der Waals surface area contributed by atoms with E-state index in [1.165, 1.54) is 0 Å². The highest BCUT2D eigenvalue weighted by molar-refractivity contribution is 5.71. The molecule has 1 aromatic carbocycles. The van der Waals surface area contributed by atoms with E-state index >= 15 is 0 Å². The number of furan rings is 1. The summed E-state index contributed by atoms with van der Waals surface area (Å²) in [6.45, 7) is 5.11. The Morgan fingerprint density at radius 1 is 1.25 bits per heavy atom. The van der Waals surface area contributed by atoms with E-state index in [4.69, 9.17) is 13.9 Å². The lowest BCUT2D eigenvalue weighted by molar-refractivity contribution is -0.0803. The predicted molar refractivity (Wildman–Crippen MR) is 89.8 cm³/mol. The second-order valence-electron chi connectivity index (χ2n) is 6.64. The highest BCUT2D eigenvalue weighted by Crippen LogP contribution is 2.29. The average molecular weight is 329 g/mol. The predicted octanol–water partition coefficient (Wildman–Crippen LogP) is 4.24. The van der Waals surface area contributed by atoms with Crippen LogP contribution in [0.1, 0.15) is 32.4 Å². The third kappa shape index (κ3) is 4.17. The van der Waals surface area contributed by atoms with E-state index in [0.717, 1.165) is 18.6 Å². The van der Waals surface area contributed by atoms with Crippen LogP contribution in [-0.4, -0.2) is 29.2 Å². The molecule has 2 aromatic rings. The third-order valence-corrected chi connectivity index (χ3v) is 4.20. The molecule has 1 aromatic heterocycles. The van der Waals surface area contributed by atoms with E-state index in [0.29, 0.717) is 18.9 Å². The number of rotatable bonds is 4. The third-order valence-electron chi connectivity index (χ3n) is 4.20. The monoisotopic (exact) mass is 329 g/mol. The minimum atomic E-state index is -0.361. The minimum Gasteiger partial charge on any atom is -0.467 e. The first-order valence-corrected chi connectivity index (χ1v) is 8.23. The molecule has 5 heteroatoms. The Balaban J connectivity index is 1.77. The molecule has 0 radical (unpaired) electrons. The quantitative estimate of drug-likeness (QED) is 0.842. The van der Waals surface area contributed by atoms with Crippen molar-refractivity contribution in [2.75, 3.05) is 6.61 Å². The van der Waals surface area contributed by atoms with Gasteiger partial charge in [-0.1, -0.05) is 18.2 Å². The first kappa shape index (κ1) is 16.6. The molecule has 0 bridgehead atoms. The molecule has 128 valence electrons. The molecule has 1 aliphatic rings. The number of amides is 1. The van der Waals surface area contributed by atoms with Crippen molar-refractivity contribution in [3.8, 4) is 5.75 Å². The van der Waals surface area contributed by atoms with Crippen LogP contribution in [0.15, 0.2) is 53.1 Å². The maximum atomic E-state index is 12.8. The smallest absolute Gasteiger partial charge is 0.415 e. The van der Waals surface area contributed by atoms with Crippen LogP contribution >= 0.6 is 0 Å². The van der Waals surface area contributed by atoms with E-state index < -0.39 is 0 Å². The van der Waals surface area contributed by atoms with Gasteiger partial charge in [0.25, 0.3) is 0 Å². The highest BCUT2D eigenvalue weighted by Gasteiger charge is 2.35. The van der Waals surface area contributed by atoms with Crippen LogP contribution in [0, 0.1) is 0 Å². The molecule has 0 saturated carbocycles. The molecule has 0 aliphatic carbocycles. The molecule has 24 heavy (non-hydrogen) atoms. The average Bonchev–Trinajstić information content (AvgIpc) is 3.05. The maximum absolute atomic E-state index is 12.8. The maximum Gasteiger partial charge on any atom is 0.415 e. The minimum absolute atomic E-state index is 0.0510. The van der Waals surface area contributed by atoms with Crippen LogP contribution in [0.4, 0.5) is 4.79 Å². The van der Waals surface area contributed by atoms with Gasteiger partial charge in [0, 0.05) is 12.6 Å². The van der Waals surface area contributed by atoms with Gasteiger partial charge in [0.15, 0.2) is 0 Å². The van der Waals surface area contributed by atoms with Crippen molar-refractivity contribution in [2.24, 2.45) is 0 Å². The van der Waals surface area contributed by atoms with Crippen molar-refractivity contribution in [3.63, 3.8) is 0 Å². The molecule has 1 fully saturated rings. The normalized spacial score (nSPS) is 19.7. The molecule has 2 heterocycles. The van der Waals surface area contributed by atoms with Crippen molar-refractivity contribution < 1.29 is 18.7 Å². The molecule has 1 aliphatic heterocycles. The lowest BCUT2D eigenvalue weighted by Crippen LogP contribution is -2.49. The Hall–Kier alpha value is -2.27. The molecular weight excluding hydrogens is 306 g/mol. The molecular formula is C19H23NO4.